The Balaban J connectivity index is 3.71. The predicted octanol–water partition coefficient (Wildman–Crippen LogP) is 4.10. The highest BCUT2D eigenvalue weighted by atomic mass is 19.4. The lowest BCUT2D eigenvalue weighted by atomic mass is 9.94. The van der Waals surface area contributed by atoms with E-state index in [1.165, 1.54) is 6.92 Å². The minimum absolute atomic E-state index is 0.119. The van der Waals surface area contributed by atoms with E-state index >= 15 is 0 Å². The summed E-state index contributed by atoms with van der Waals surface area (Å²) in [6.45, 7) is 1.26. The van der Waals surface area contributed by atoms with Crippen LogP contribution in [0.15, 0.2) is 12.1 Å². The monoisotopic (exact) mass is 270 g/mol. The molecule has 0 unspecified atom stereocenters. The summed E-state index contributed by atoms with van der Waals surface area (Å²) in [5, 5.41) is 0. The van der Waals surface area contributed by atoms with Crippen molar-refractivity contribution in [2.24, 2.45) is 0 Å². The Kier molecular flexibility index (Phi) is 3.73. The summed E-state index contributed by atoms with van der Waals surface area (Å²) in [7, 11) is 0. The van der Waals surface area contributed by atoms with Gasteiger partial charge in [-0.05, 0) is 18.1 Å². The number of halogens is 6. The Labute approximate surface area is 98.4 Å². The maximum absolute atomic E-state index is 12.7. The molecule has 0 aliphatic heterocycles. The van der Waals surface area contributed by atoms with Gasteiger partial charge in [0.25, 0.3) is 0 Å². The van der Waals surface area contributed by atoms with Crippen molar-refractivity contribution in [2.45, 2.75) is 25.7 Å². The molecular formula is C11H8F6O. The topological polar surface area (TPSA) is 17.1 Å². The standard InChI is InChI=1S/C11H8F6O/c1-2-7-6(5-18)3-4-8(10(12,13)14)9(7)11(15,16)17/h3-5H,2H2,1H3. The first kappa shape index (κ1) is 14.5. The fourth-order valence-corrected chi connectivity index (χ4v) is 1.72. The summed E-state index contributed by atoms with van der Waals surface area (Å²) in [6.07, 6.45) is -10.5. The molecule has 0 saturated carbocycles. The van der Waals surface area contributed by atoms with Crippen molar-refractivity contribution < 1.29 is 31.1 Å². The van der Waals surface area contributed by atoms with Gasteiger partial charge in [0.1, 0.15) is 6.29 Å². The van der Waals surface area contributed by atoms with Gasteiger partial charge in [-0.25, -0.2) is 0 Å². The molecule has 100 valence electrons. The van der Waals surface area contributed by atoms with E-state index in [9.17, 15) is 31.1 Å². The molecule has 0 fully saturated rings. The van der Waals surface area contributed by atoms with Crippen molar-refractivity contribution in [3.8, 4) is 0 Å². The first-order chi connectivity index (χ1) is 8.12. The van der Waals surface area contributed by atoms with Crippen LogP contribution in [0.2, 0.25) is 0 Å². The Morgan fingerprint density at radius 1 is 1.06 bits per heavy atom. The summed E-state index contributed by atoms with van der Waals surface area (Å²) < 4.78 is 75.8. The van der Waals surface area contributed by atoms with Gasteiger partial charge >= 0.3 is 12.4 Å². The Morgan fingerprint density at radius 3 is 1.94 bits per heavy atom. The second-order valence-electron chi connectivity index (χ2n) is 3.52. The zero-order valence-electron chi connectivity index (χ0n) is 9.12. The number of carbonyl (C=O) groups excluding carboxylic acids is 1. The van der Waals surface area contributed by atoms with Gasteiger partial charge in [-0.3, -0.25) is 4.79 Å². The van der Waals surface area contributed by atoms with E-state index in [1.807, 2.05) is 0 Å². The summed E-state index contributed by atoms with van der Waals surface area (Å²) in [5.41, 5.74) is -4.55. The van der Waals surface area contributed by atoms with Crippen LogP contribution in [-0.2, 0) is 18.8 Å². The molecule has 7 heteroatoms. The van der Waals surface area contributed by atoms with E-state index < -0.39 is 29.0 Å². The first-order valence-corrected chi connectivity index (χ1v) is 4.88. The van der Waals surface area contributed by atoms with Gasteiger partial charge in [0.05, 0.1) is 11.1 Å². The zero-order chi connectivity index (χ0) is 14.1. The molecule has 0 spiro atoms. The molecule has 0 N–H and O–H groups in total. The van der Waals surface area contributed by atoms with Crippen LogP contribution < -0.4 is 0 Å². The lowest BCUT2D eigenvalue weighted by Gasteiger charge is -2.19. The molecule has 0 aliphatic rings. The van der Waals surface area contributed by atoms with Crippen molar-refractivity contribution in [1.82, 2.24) is 0 Å². The average molecular weight is 270 g/mol. The second kappa shape index (κ2) is 4.62. The molecule has 1 aromatic carbocycles. The van der Waals surface area contributed by atoms with Crippen LogP contribution in [0.1, 0.15) is 34.0 Å². The largest absolute Gasteiger partial charge is 0.417 e. The van der Waals surface area contributed by atoms with Crippen LogP contribution in [0.5, 0.6) is 0 Å². The van der Waals surface area contributed by atoms with E-state index in [4.69, 9.17) is 0 Å². The van der Waals surface area contributed by atoms with Gasteiger partial charge in [0, 0.05) is 5.56 Å². The van der Waals surface area contributed by atoms with E-state index in [0.29, 0.717) is 0 Å². The lowest BCUT2D eigenvalue weighted by Crippen LogP contribution is -2.20. The maximum Gasteiger partial charge on any atom is 0.417 e. The van der Waals surface area contributed by atoms with Crippen LogP contribution in [0, 0.1) is 0 Å². The molecule has 0 heterocycles. The van der Waals surface area contributed by atoms with E-state index in [0.717, 1.165) is 6.07 Å². The van der Waals surface area contributed by atoms with Crippen molar-refractivity contribution >= 4 is 6.29 Å². The first-order valence-electron chi connectivity index (χ1n) is 4.88. The molecule has 0 bridgehead atoms. The molecule has 0 saturated heterocycles. The van der Waals surface area contributed by atoms with Crippen LogP contribution in [0.4, 0.5) is 26.3 Å². The third kappa shape index (κ3) is 2.65. The fourth-order valence-electron chi connectivity index (χ4n) is 1.72. The van der Waals surface area contributed by atoms with Crippen molar-refractivity contribution in [3.05, 3.63) is 34.4 Å². The summed E-state index contributed by atoms with van der Waals surface area (Å²) in [6, 6.07) is 1.04. The highest BCUT2D eigenvalue weighted by Gasteiger charge is 2.44. The van der Waals surface area contributed by atoms with Gasteiger partial charge in [-0.2, -0.15) is 26.3 Å². The molecular weight excluding hydrogens is 262 g/mol. The molecule has 0 aliphatic carbocycles. The Hall–Kier alpha value is -1.53. The number of benzene rings is 1. The molecule has 0 aromatic heterocycles. The number of carbonyl (C=O) groups is 1. The normalized spacial score (nSPS) is 12.6. The van der Waals surface area contributed by atoms with E-state index in [-0.39, 0.29) is 24.3 Å². The predicted molar refractivity (Wildman–Crippen MR) is 51.2 cm³/mol. The third-order valence-corrected chi connectivity index (χ3v) is 2.42. The van der Waals surface area contributed by atoms with Crippen LogP contribution >= 0.6 is 0 Å². The smallest absolute Gasteiger partial charge is 0.298 e. The van der Waals surface area contributed by atoms with E-state index in [2.05, 4.69) is 0 Å². The van der Waals surface area contributed by atoms with Crippen LogP contribution in [-0.4, -0.2) is 6.29 Å². The molecule has 1 aromatic rings. The number of hydrogen-bond acceptors (Lipinski definition) is 1. The SMILES string of the molecule is CCc1c(C=O)ccc(C(F)(F)F)c1C(F)(F)F. The number of rotatable bonds is 2. The second-order valence-corrected chi connectivity index (χ2v) is 3.52. The summed E-state index contributed by atoms with van der Waals surface area (Å²) >= 11 is 0. The number of hydrogen-bond donors (Lipinski definition) is 0. The maximum atomic E-state index is 12.7. The van der Waals surface area contributed by atoms with Gasteiger partial charge < -0.3 is 0 Å². The minimum Gasteiger partial charge on any atom is -0.298 e. The molecule has 1 nitrogen and oxygen atoms in total. The highest BCUT2D eigenvalue weighted by molar-refractivity contribution is 5.78. The molecule has 0 amide bonds. The number of alkyl halides is 6. The van der Waals surface area contributed by atoms with Crippen molar-refractivity contribution in [1.29, 1.82) is 0 Å². The van der Waals surface area contributed by atoms with Crippen LogP contribution in [0.3, 0.4) is 0 Å². The van der Waals surface area contributed by atoms with Gasteiger partial charge in [0.15, 0.2) is 0 Å². The Bertz CT molecular complexity index is 458. The molecule has 0 radical (unpaired) electrons. The molecule has 18 heavy (non-hydrogen) atoms. The quantitative estimate of drug-likeness (QED) is 0.584. The summed E-state index contributed by atoms with van der Waals surface area (Å²) in [5.74, 6) is 0. The third-order valence-electron chi connectivity index (χ3n) is 2.42. The molecule has 0 atom stereocenters. The molecule has 1 rings (SSSR count). The summed E-state index contributed by atoms with van der Waals surface area (Å²) in [4.78, 5) is 10.6. The lowest BCUT2D eigenvalue weighted by molar-refractivity contribution is -0.162. The van der Waals surface area contributed by atoms with Gasteiger partial charge in [-0.15, -0.1) is 0 Å². The van der Waals surface area contributed by atoms with Crippen LogP contribution in [0.25, 0.3) is 0 Å². The van der Waals surface area contributed by atoms with Crippen molar-refractivity contribution in [3.63, 3.8) is 0 Å². The van der Waals surface area contributed by atoms with Gasteiger partial charge in [0.2, 0.25) is 0 Å². The van der Waals surface area contributed by atoms with Gasteiger partial charge in [-0.1, -0.05) is 13.0 Å². The average Bonchev–Trinajstić information content (AvgIpc) is 2.24. The minimum atomic E-state index is -5.16. The van der Waals surface area contributed by atoms with E-state index in [1.54, 1.807) is 0 Å². The van der Waals surface area contributed by atoms with Crippen molar-refractivity contribution in [2.75, 3.05) is 0 Å². The Morgan fingerprint density at radius 2 is 1.61 bits per heavy atom. The fraction of sp³-hybridized carbons (Fsp3) is 0.364. The highest BCUT2D eigenvalue weighted by Crippen LogP contribution is 2.42. The number of aldehydes is 1. The zero-order valence-corrected chi connectivity index (χ0v) is 9.12.